The Hall–Kier alpha value is -3.12. The predicted molar refractivity (Wildman–Crippen MR) is 121 cm³/mol. The van der Waals surface area contributed by atoms with Crippen molar-refractivity contribution in [3.8, 4) is 0 Å². The average molecular weight is 373 g/mol. The Labute approximate surface area is 184 Å². The molecule has 1 N–H and O–H groups in total. The Bertz CT molecular complexity index is 1170. The van der Waals surface area contributed by atoms with Crippen LogP contribution in [0.3, 0.4) is 0 Å². The van der Waals surface area contributed by atoms with Gasteiger partial charge in [-0.2, -0.15) is 6.20 Å². The third-order valence-corrected chi connectivity index (χ3v) is 4.66. The Morgan fingerprint density at radius 2 is 1.41 bits per heavy atom. The molecule has 0 radical (unpaired) electrons. The molecule has 0 fully saturated rings. The minimum absolute atomic E-state index is 0. The fraction of sp³-hybridized carbons (Fsp3) is 0.0400. The number of hydrogen-bond acceptors (Lipinski definition) is 0. The van der Waals surface area contributed by atoms with E-state index in [-0.39, 0.29) is 20.3 Å². The number of fused-ring (bicyclic) bond motifs is 3. The van der Waals surface area contributed by atoms with E-state index in [2.05, 4.69) is 82.4 Å². The molecule has 0 aliphatic heterocycles. The maximum Gasteiger partial charge on any atom is 1.00 e. The van der Waals surface area contributed by atoms with Gasteiger partial charge in [0.2, 0.25) is 0 Å². The van der Waals surface area contributed by atoms with Gasteiger partial charge >= 0.3 is 18.9 Å². The van der Waals surface area contributed by atoms with Crippen LogP contribution in [0.2, 0.25) is 0 Å². The molecule has 0 aliphatic carbocycles. The van der Waals surface area contributed by atoms with Crippen LogP contribution in [0.5, 0.6) is 0 Å². The maximum absolute atomic E-state index is 4.12. The number of aromatic amines is 1. The third-order valence-electron chi connectivity index (χ3n) is 4.66. The van der Waals surface area contributed by atoms with Gasteiger partial charge in [-0.3, -0.25) is 0 Å². The molecule has 140 valence electrons. The second-order valence-electron chi connectivity index (χ2n) is 6.55. The monoisotopic (exact) mass is 373 g/mol. The van der Waals surface area contributed by atoms with Gasteiger partial charge in [0.1, 0.15) is 0 Å². The molecule has 0 saturated heterocycles. The number of para-hydroxylation sites is 3. The third kappa shape index (κ3) is 5.03. The molecule has 0 spiro atoms. The number of nitrogens with zero attached hydrogens (tertiary/aromatic N) is 2. The van der Waals surface area contributed by atoms with Crippen molar-refractivity contribution in [3.05, 3.63) is 110 Å². The van der Waals surface area contributed by atoms with Crippen molar-refractivity contribution in [1.82, 2.24) is 14.5 Å². The van der Waals surface area contributed by atoms with Crippen LogP contribution in [0.4, 0.5) is 0 Å². The zero-order valence-electron chi connectivity index (χ0n) is 16.8. The zero-order chi connectivity index (χ0) is 19.2. The molecule has 3 heterocycles. The van der Waals surface area contributed by atoms with Crippen LogP contribution < -0.4 is 23.8 Å². The van der Waals surface area contributed by atoms with Crippen LogP contribution in [0.15, 0.2) is 110 Å². The minimum atomic E-state index is 0. The first kappa shape index (κ1) is 20.6. The molecule has 3 aromatic heterocycles. The second kappa shape index (κ2) is 9.89. The summed E-state index contributed by atoms with van der Waals surface area (Å²) in [7, 11) is 2.06. The normalized spacial score (nSPS) is 9.97. The molecular formula is C25H24LiN3. The summed E-state index contributed by atoms with van der Waals surface area (Å²) in [6, 6.07) is 30.8. The van der Waals surface area contributed by atoms with E-state index in [0.29, 0.717) is 0 Å². The van der Waals surface area contributed by atoms with Gasteiger partial charge in [-0.05, 0) is 40.4 Å². The number of H-pyrrole nitrogens is 1. The van der Waals surface area contributed by atoms with Gasteiger partial charge in [-0.1, -0.05) is 66.7 Å². The molecule has 3 nitrogen and oxygen atoms in total. The van der Waals surface area contributed by atoms with E-state index < -0.39 is 0 Å². The molecule has 6 aromatic rings. The largest absolute Gasteiger partial charge is 1.00 e. The van der Waals surface area contributed by atoms with Crippen LogP contribution in [-0.4, -0.2) is 9.55 Å². The number of rotatable bonds is 0. The summed E-state index contributed by atoms with van der Waals surface area (Å²) in [6.45, 7) is 0. The van der Waals surface area contributed by atoms with Crippen molar-refractivity contribution in [3.63, 3.8) is 0 Å². The van der Waals surface area contributed by atoms with Gasteiger partial charge in [0.15, 0.2) is 0 Å². The molecule has 0 saturated carbocycles. The Balaban J connectivity index is 0.000000155. The van der Waals surface area contributed by atoms with Crippen LogP contribution >= 0.6 is 0 Å². The molecule has 0 unspecified atom stereocenters. The zero-order valence-corrected chi connectivity index (χ0v) is 16.8. The van der Waals surface area contributed by atoms with Crippen LogP contribution in [-0.2, 0) is 7.05 Å². The molecule has 3 aromatic carbocycles. The number of aromatic nitrogens is 3. The van der Waals surface area contributed by atoms with Gasteiger partial charge in [-0.15, -0.1) is 5.52 Å². The van der Waals surface area contributed by atoms with Crippen molar-refractivity contribution in [1.29, 1.82) is 0 Å². The molecule has 0 atom stereocenters. The summed E-state index contributed by atoms with van der Waals surface area (Å²) in [4.78, 5) is 7.24. The van der Waals surface area contributed by atoms with Crippen LogP contribution in [0.1, 0.15) is 1.43 Å². The standard InChI is InChI=1S/C9H9N.C8H7N.C8H6N.Li.H2/c1-10-7-6-8-4-2-3-5-9(8)10;2*1-2-4-8-7(3-1)5-6-9-8;;/h2-7H,1H3;1-6,9H;1-6H;;1H/q;;-1;+1;. The summed E-state index contributed by atoms with van der Waals surface area (Å²) in [6.07, 6.45) is 5.85. The summed E-state index contributed by atoms with van der Waals surface area (Å²) < 4.78 is 2.12. The van der Waals surface area contributed by atoms with Crippen molar-refractivity contribution in [2.24, 2.45) is 7.05 Å². The first-order valence-corrected chi connectivity index (χ1v) is 9.30. The van der Waals surface area contributed by atoms with E-state index in [1.807, 2.05) is 48.8 Å². The average Bonchev–Trinajstić information content (AvgIpc) is 3.49. The van der Waals surface area contributed by atoms with E-state index in [1.165, 1.54) is 27.2 Å². The predicted octanol–water partition coefficient (Wildman–Crippen LogP) is 3.39. The van der Waals surface area contributed by atoms with E-state index in [1.54, 1.807) is 0 Å². The van der Waals surface area contributed by atoms with Crippen molar-refractivity contribution < 1.29 is 20.3 Å². The van der Waals surface area contributed by atoms with Gasteiger partial charge in [0.25, 0.3) is 0 Å². The van der Waals surface area contributed by atoms with Crippen LogP contribution in [0, 0.1) is 0 Å². The SMILES string of the molecule is Cn1ccc2ccccc21.[HH].[Li+].c1ccc2[n-]ccc2c1.c1ccc2[nH]ccc2c1. The van der Waals surface area contributed by atoms with E-state index in [0.717, 1.165) is 5.52 Å². The first-order chi connectivity index (χ1) is 13.8. The smallest absolute Gasteiger partial charge is 0.664 e. The first-order valence-electron chi connectivity index (χ1n) is 9.30. The summed E-state index contributed by atoms with van der Waals surface area (Å²) in [5, 5.41) is 3.81. The molecule has 0 bridgehead atoms. The van der Waals surface area contributed by atoms with Gasteiger partial charge < -0.3 is 14.5 Å². The summed E-state index contributed by atoms with van der Waals surface area (Å²) >= 11 is 0. The topological polar surface area (TPSA) is 34.8 Å². The second-order valence-corrected chi connectivity index (χ2v) is 6.55. The number of aryl methyl sites for hydroxylation is 1. The fourth-order valence-electron chi connectivity index (χ4n) is 3.16. The summed E-state index contributed by atoms with van der Waals surface area (Å²) in [5.74, 6) is 0. The minimum Gasteiger partial charge on any atom is -0.664 e. The fourth-order valence-corrected chi connectivity index (χ4v) is 3.16. The van der Waals surface area contributed by atoms with Gasteiger partial charge in [0, 0.05) is 31.9 Å². The van der Waals surface area contributed by atoms with Gasteiger partial charge in [-0.25, -0.2) is 0 Å². The Morgan fingerprint density at radius 3 is 2.17 bits per heavy atom. The van der Waals surface area contributed by atoms with E-state index in [9.17, 15) is 0 Å². The molecule has 29 heavy (non-hydrogen) atoms. The molecule has 4 heteroatoms. The van der Waals surface area contributed by atoms with E-state index in [4.69, 9.17) is 0 Å². The Morgan fingerprint density at radius 1 is 0.724 bits per heavy atom. The van der Waals surface area contributed by atoms with Gasteiger partial charge in [0.05, 0.1) is 0 Å². The van der Waals surface area contributed by atoms with Crippen molar-refractivity contribution in [2.75, 3.05) is 0 Å². The maximum atomic E-state index is 4.12. The van der Waals surface area contributed by atoms with Crippen LogP contribution in [0.25, 0.3) is 32.7 Å². The quantitative estimate of drug-likeness (QED) is 0.407. The Kier molecular flexibility index (Phi) is 7.03. The molecule has 6 rings (SSSR count). The van der Waals surface area contributed by atoms with Crippen molar-refractivity contribution >= 4 is 32.7 Å². The molecular weight excluding hydrogens is 349 g/mol. The van der Waals surface area contributed by atoms with Crippen molar-refractivity contribution in [2.45, 2.75) is 0 Å². The number of nitrogens with one attached hydrogen (secondary N) is 1. The number of hydrogen-bond donors (Lipinski definition) is 1. The summed E-state index contributed by atoms with van der Waals surface area (Å²) in [5.41, 5.74) is 3.58. The molecule has 0 amide bonds. The molecule has 0 aliphatic rings. The number of benzene rings is 3. The van der Waals surface area contributed by atoms with E-state index >= 15 is 0 Å².